The number of amides is 1. The standard InChI is InChI=1S/C13H19N3O3/c1-8-7-11(16-13(18)14-8)15-12(17)6-5-10-4-3-9(2)19-10/h7,9-10H,3-6H2,1-2H3,(H2,14,15,16,17,18)/t9-,10+/m0/s1. The third-order valence-electron chi connectivity index (χ3n) is 3.16. The second kappa shape index (κ2) is 5.97. The Kier molecular flexibility index (Phi) is 4.31. The zero-order chi connectivity index (χ0) is 13.8. The number of aromatic amines is 1. The molecule has 1 amide bonds. The molecule has 0 unspecified atom stereocenters. The third kappa shape index (κ3) is 4.17. The van der Waals surface area contributed by atoms with Gasteiger partial charge in [0.25, 0.3) is 0 Å². The van der Waals surface area contributed by atoms with Gasteiger partial charge < -0.3 is 15.0 Å². The van der Waals surface area contributed by atoms with Crippen LogP contribution in [0, 0.1) is 6.92 Å². The Morgan fingerprint density at radius 3 is 3.00 bits per heavy atom. The highest BCUT2D eigenvalue weighted by molar-refractivity contribution is 5.89. The number of rotatable bonds is 4. The van der Waals surface area contributed by atoms with Gasteiger partial charge in [0.2, 0.25) is 5.91 Å². The highest BCUT2D eigenvalue weighted by atomic mass is 16.5. The second-order valence-electron chi connectivity index (χ2n) is 4.99. The van der Waals surface area contributed by atoms with Crippen molar-refractivity contribution in [1.29, 1.82) is 0 Å². The van der Waals surface area contributed by atoms with Crippen LogP contribution in [0.4, 0.5) is 5.82 Å². The Labute approximate surface area is 111 Å². The molecule has 1 aromatic heterocycles. The first kappa shape index (κ1) is 13.7. The number of ether oxygens (including phenoxy) is 1. The number of nitrogens with zero attached hydrogens (tertiary/aromatic N) is 1. The van der Waals surface area contributed by atoms with Crippen LogP contribution in [0.15, 0.2) is 10.9 Å². The lowest BCUT2D eigenvalue weighted by atomic mass is 10.1. The number of hydrogen-bond acceptors (Lipinski definition) is 4. The topological polar surface area (TPSA) is 84.1 Å². The fourth-order valence-electron chi connectivity index (χ4n) is 2.24. The number of hydrogen-bond donors (Lipinski definition) is 2. The molecule has 0 spiro atoms. The summed E-state index contributed by atoms with van der Waals surface area (Å²) in [4.78, 5) is 29.1. The van der Waals surface area contributed by atoms with Gasteiger partial charge in [-0.3, -0.25) is 4.79 Å². The van der Waals surface area contributed by atoms with Crippen LogP contribution in [0.3, 0.4) is 0 Å². The summed E-state index contributed by atoms with van der Waals surface area (Å²) in [7, 11) is 0. The minimum absolute atomic E-state index is 0.138. The Morgan fingerprint density at radius 1 is 1.58 bits per heavy atom. The average Bonchev–Trinajstić information content (AvgIpc) is 2.71. The Bertz CT molecular complexity index is 512. The lowest BCUT2D eigenvalue weighted by molar-refractivity contribution is -0.116. The van der Waals surface area contributed by atoms with Gasteiger partial charge in [0, 0.05) is 18.2 Å². The van der Waals surface area contributed by atoms with Gasteiger partial charge in [0.05, 0.1) is 12.2 Å². The molecule has 1 fully saturated rings. The fourth-order valence-corrected chi connectivity index (χ4v) is 2.24. The molecule has 0 radical (unpaired) electrons. The maximum absolute atomic E-state index is 11.8. The van der Waals surface area contributed by atoms with Crippen LogP contribution in [0.1, 0.15) is 38.3 Å². The molecule has 1 saturated heterocycles. The van der Waals surface area contributed by atoms with Gasteiger partial charge in [-0.05, 0) is 33.1 Å². The summed E-state index contributed by atoms with van der Waals surface area (Å²) in [6, 6.07) is 1.63. The minimum atomic E-state index is -0.455. The van der Waals surface area contributed by atoms with E-state index >= 15 is 0 Å². The van der Waals surface area contributed by atoms with E-state index in [1.54, 1.807) is 13.0 Å². The molecule has 6 heteroatoms. The van der Waals surface area contributed by atoms with Gasteiger partial charge in [0.1, 0.15) is 5.82 Å². The molecule has 104 valence electrons. The molecule has 2 atom stereocenters. The van der Waals surface area contributed by atoms with E-state index in [2.05, 4.69) is 15.3 Å². The van der Waals surface area contributed by atoms with E-state index in [1.165, 1.54) is 0 Å². The molecule has 2 N–H and O–H groups in total. The minimum Gasteiger partial charge on any atom is -0.375 e. The number of H-pyrrole nitrogens is 1. The summed E-state index contributed by atoms with van der Waals surface area (Å²) in [6.45, 7) is 3.79. The normalized spacial score (nSPS) is 22.4. The summed E-state index contributed by atoms with van der Waals surface area (Å²) in [5.74, 6) is 0.160. The van der Waals surface area contributed by atoms with Crippen molar-refractivity contribution in [1.82, 2.24) is 9.97 Å². The molecule has 2 rings (SSSR count). The van der Waals surface area contributed by atoms with Gasteiger partial charge in [-0.15, -0.1) is 0 Å². The van der Waals surface area contributed by atoms with Crippen LogP contribution < -0.4 is 11.0 Å². The van der Waals surface area contributed by atoms with E-state index in [9.17, 15) is 9.59 Å². The molecule has 0 saturated carbocycles. The lowest BCUT2D eigenvalue weighted by Crippen LogP contribution is -2.20. The maximum Gasteiger partial charge on any atom is 0.347 e. The van der Waals surface area contributed by atoms with Gasteiger partial charge in [-0.25, -0.2) is 4.79 Å². The van der Waals surface area contributed by atoms with E-state index in [0.717, 1.165) is 12.8 Å². The third-order valence-corrected chi connectivity index (χ3v) is 3.16. The molecule has 1 aromatic rings. The Hall–Kier alpha value is -1.69. The Morgan fingerprint density at radius 2 is 2.37 bits per heavy atom. The average molecular weight is 265 g/mol. The van der Waals surface area contributed by atoms with Crippen molar-refractivity contribution in [2.75, 3.05) is 5.32 Å². The maximum atomic E-state index is 11.8. The van der Waals surface area contributed by atoms with Gasteiger partial charge >= 0.3 is 5.69 Å². The van der Waals surface area contributed by atoms with Crippen LogP contribution in [0.5, 0.6) is 0 Å². The van der Waals surface area contributed by atoms with Crippen molar-refractivity contribution in [2.24, 2.45) is 0 Å². The first-order chi connectivity index (χ1) is 9.02. The fraction of sp³-hybridized carbons (Fsp3) is 0.615. The summed E-state index contributed by atoms with van der Waals surface area (Å²) in [6.07, 6.45) is 3.63. The molecule has 1 aliphatic rings. The van der Waals surface area contributed by atoms with Crippen molar-refractivity contribution >= 4 is 11.7 Å². The number of carbonyl (C=O) groups is 1. The van der Waals surface area contributed by atoms with Crippen molar-refractivity contribution in [3.63, 3.8) is 0 Å². The molecular formula is C13H19N3O3. The van der Waals surface area contributed by atoms with Gasteiger partial charge in [-0.2, -0.15) is 4.98 Å². The quantitative estimate of drug-likeness (QED) is 0.861. The van der Waals surface area contributed by atoms with E-state index < -0.39 is 5.69 Å². The molecular weight excluding hydrogens is 246 g/mol. The number of nitrogens with one attached hydrogen (secondary N) is 2. The van der Waals surface area contributed by atoms with Crippen LogP contribution in [-0.4, -0.2) is 28.1 Å². The van der Waals surface area contributed by atoms with Crippen molar-refractivity contribution in [3.05, 3.63) is 22.2 Å². The summed E-state index contributed by atoms with van der Waals surface area (Å²) < 4.78 is 5.65. The van der Waals surface area contributed by atoms with E-state index in [-0.39, 0.29) is 12.0 Å². The second-order valence-corrected chi connectivity index (χ2v) is 4.99. The zero-order valence-corrected chi connectivity index (χ0v) is 11.2. The highest BCUT2D eigenvalue weighted by Gasteiger charge is 2.22. The highest BCUT2D eigenvalue weighted by Crippen LogP contribution is 2.22. The number of aromatic nitrogens is 2. The van der Waals surface area contributed by atoms with Crippen molar-refractivity contribution in [3.8, 4) is 0 Å². The number of carbonyl (C=O) groups excluding carboxylic acids is 1. The van der Waals surface area contributed by atoms with E-state index in [4.69, 9.17) is 4.74 Å². The summed E-state index contributed by atoms with van der Waals surface area (Å²) in [5.41, 5.74) is 0.214. The molecule has 19 heavy (non-hydrogen) atoms. The van der Waals surface area contributed by atoms with Gasteiger partial charge in [0.15, 0.2) is 0 Å². The van der Waals surface area contributed by atoms with Crippen molar-refractivity contribution in [2.45, 2.75) is 51.7 Å². The summed E-state index contributed by atoms with van der Waals surface area (Å²) in [5, 5.41) is 2.63. The number of aryl methyl sites for hydroxylation is 1. The largest absolute Gasteiger partial charge is 0.375 e. The van der Waals surface area contributed by atoms with Crippen LogP contribution in [0.25, 0.3) is 0 Å². The predicted molar refractivity (Wildman–Crippen MR) is 71.0 cm³/mol. The molecule has 6 nitrogen and oxygen atoms in total. The van der Waals surface area contributed by atoms with Crippen molar-refractivity contribution < 1.29 is 9.53 Å². The van der Waals surface area contributed by atoms with Crippen LogP contribution >= 0.6 is 0 Å². The number of anilines is 1. The predicted octanol–water partition coefficient (Wildman–Crippen LogP) is 1.36. The van der Waals surface area contributed by atoms with E-state index in [0.29, 0.717) is 30.5 Å². The Balaban J connectivity index is 1.82. The van der Waals surface area contributed by atoms with E-state index in [1.807, 2.05) is 6.92 Å². The molecule has 1 aliphatic heterocycles. The molecule has 0 aromatic carbocycles. The molecule has 0 aliphatic carbocycles. The lowest BCUT2D eigenvalue weighted by Gasteiger charge is -2.10. The monoisotopic (exact) mass is 265 g/mol. The summed E-state index contributed by atoms with van der Waals surface area (Å²) >= 11 is 0. The molecule has 2 heterocycles. The van der Waals surface area contributed by atoms with Crippen LogP contribution in [-0.2, 0) is 9.53 Å². The zero-order valence-electron chi connectivity index (χ0n) is 11.2. The SMILES string of the molecule is Cc1cc(NC(=O)CC[C@H]2CC[C@H](C)O2)nc(=O)[nH]1. The van der Waals surface area contributed by atoms with Gasteiger partial charge in [-0.1, -0.05) is 0 Å². The first-order valence-corrected chi connectivity index (χ1v) is 6.56. The van der Waals surface area contributed by atoms with Crippen LogP contribution in [0.2, 0.25) is 0 Å². The first-order valence-electron chi connectivity index (χ1n) is 6.56. The molecule has 0 bridgehead atoms. The smallest absolute Gasteiger partial charge is 0.347 e.